The fourth-order valence-electron chi connectivity index (χ4n) is 0.929. The zero-order valence-corrected chi connectivity index (χ0v) is 11.1. The van der Waals surface area contributed by atoms with E-state index in [0.717, 1.165) is 0 Å². The van der Waals surface area contributed by atoms with Crippen LogP contribution < -0.4 is 5.32 Å². The van der Waals surface area contributed by atoms with Gasteiger partial charge in [-0.1, -0.05) is 13.8 Å². The van der Waals surface area contributed by atoms with Gasteiger partial charge in [-0.3, -0.25) is 4.79 Å². The van der Waals surface area contributed by atoms with Gasteiger partial charge in [0.25, 0.3) is 0 Å². The molecule has 0 spiro atoms. The average molecular weight is 359 g/mol. The molecule has 1 rings (SSSR count). The lowest BCUT2D eigenvalue weighted by atomic mass is 10.2. The highest BCUT2D eigenvalue weighted by Gasteiger charge is 2.39. The van der Waals surface area contributed by atoms with Gasteiger partial charge in [-0.15, -0.1) is 0 Å². The molecule has 0 aliphatic carbocycles. The lowest BCUT2D eigenvalue weighted by molar-refractivity contribution is -0.167. The summed E-state index contributed by atoms with van der Waals surface area (Å²) < 4.78 is 36.3. The Morgan fingerprint density at radius 1 is 1.47 bits per heavy atom. The molecule has 0 bridgehead atoms. The second-order valence-electron chi connectivity index (χ2n) is 3.54. The van der Waals surface area contributed by atoms with Crippen LogP contribution in [0.4, 0.5) is 18.9 Å². The Balaban J connectivity index is 2.91. The highest BCUT2D eigenvalue weighted by molar-refractivity contribution is 14.1. The number of aromatic nitrogens is 2. The molecular formula is C9H9F3IN3O. The number of anilines is 1. The lowest BCUT2D eigenvalue weighted by Crippen LogP contribution is -2.30. The van der Waals surface area contributed by atoms with E-state index in [1.54, 1.807) is 27.9 Å². The molecule has 0 saturated carbocycles. The summed E-state index contributed by atoms with van der Waals surface area (Å²) in [6, 6.07) is 0. The van der Waals surface area contributed by atoms with Crippen molar-refractivity contribution in [1.29, 1.82) is 0 Å². The molecule has 94 valence electrons. The summed E-state index contributed by atoms with van der Waals surface area (Å²) in [4.78, 5) is 18.6. The van der Waals surface area contributed by atoms with E-state index in [-0.39, 0.29) is 15.3 Å². The molecule has 17 heavy (non-hydrogen) atoms. The monoisotopic (exact) mass is 359 g/mol. The first-order valence-electron chi connectivity index (χ1n) is 4.62. The third-order valence-corrected chi connectivity index (χ3v) is 2.61. The number of carbonyl (C=O) groups excluding carboxylic acids is 1. The average Bonchev–Trinajstić information content (AvgIpc) is 2.19. The van der Waals surface area contributed by atoms with E-state index in [1.807, 2.05) is 13.8 Å². The molecule has 0 aliphatic rings. The fraction of sp³-hybridized carbons (Fsp3) is 0.444. The maximum Gasteiger partial charge on any atom is 0.471 e. The van der Waals surface area contributed by atoms with E-state index in [0.29, 0.717) is 5.82 Å². The minimum atomic E-state index is -4.92. The molecule has 1 N–H and O–H groups in total. The smallest absolute Gasteiger partial charge is 0.315 e. The number of halogens is 4. The number of hydrogen-bond acceptors (Lipinski definition) is 3. The predicted octanol–water partition coefficient (Wildman–Crippen LogP) is 2.71. The van der Waals surface area contributed by atoms with Gasteiger partial charge in [-0.2, -0.15) is 13.2 Å². The van der Waals surface area contributed by atoms with Gasteiger partial charge in [-0.05, 0) is 22.6 Å². The summed E-state index contributed by atoms with van der Waals surface area (Å²) in [5.41, 5.74) is -0.0441. The van der Waals surface area contributed by atoms with Crippen molar-refractivity contribution in [3.05, 3.63) is 15.7 Å². The Bertz CT molecular complexity index is 434. The van der Waals surface area contributed by atoms with Crippen LogP contribution in [0.15, 0.2) is 6.20 Å². The zero-order valence-electron chi connectivity index (χ0n) is 8.97. The molecule has 1 amide bonds. The van der Waals surface area contributed by atoms with Crippen LogP contribution in [0.5, 0.6) is 0 Å². The lowest BCUT2D eigenvalue weighted by Gasteiger charge is -2.10. The highest BCUT2D eigenvalue weighted by Crippen LogP contribution is 2.21. The van der Waals surface area contributed by atoms with Crippen molar-refractivity contribution in [3.63, 3.8) is 0 Å². The van der Waals surface area contributed by atoms with Crippen molar-refractivity contribution in [2.24, 2.45) is 0 Å². The quantitative estimate of drug-likeness (QED) is 0.653. The third kappa shape index (κ3) is 3.79. The molecule has 1 heterocycles. The van der Waals surface area contributed by atoms with Crippen molar-refractivity contribution in [3.8, 4) is 0 Å². The van der Waals surface area contributed by atoms with Crippen LogP contribution in [0.25, 0.3) is 0 Å². The number of rotatable bonds is 2. The Hall–Kier alpha value is -0.930. The van der Waals surface area contributed by atoms with Crippen molar-refractivity contribution in [2.45, 2.75) is 25.9 Å². The summed E-state index contributed by atoms with van der Waals surface area (Å²) in [6.45, 7) is 3.72. The molecule has 0 atom stereocenters. The second kappa shape index (κ2) is 5.15. The number of nitrogens with zero attached hydrogens (tertiary/aromatic N) is 2. The predicted molar refractivity (Wildman–Crippen MR) is 63.5 cm³/mol. The molecule has 0 aromatic carbocycles. The molecule has 0 unspecified atom stereocenters. The van der Waals surface area contributed by atoms with Gasteiger partial charge in [0.1, 0.15) is 9.53 Å². The SMILES string of the molecule is CC(C)c1ncc(NC(=O)C(F)(F)F)c(I)n1. The van der Waals surface area contributed by atoms with Crippen LogP contribution >= 0.6 is 22.6 Å². The number of hydrogen-bond donors (Lipinski definition) is 1. The van der Waals surface area contributed by atoms with Gasteiger partial charge in [0.2, 0.25) is 0 Å². The standard InChI is InChI=1S/C9H9F3IN3O/c1-4(2)7-14-3-5(6(13)16-7)15-8(17)9(10,11)12/h3-4H,1-2H3,(H,15,17). The minimum absolute atomic E-state index is 0.0441. The molecule has 1 aromatic rings. The van der Waals surface area contributed by atoms with Crippen LogP contribution in [-0.4, -0.2) is 22.1 Å². The number of nitrogens with one attached hydrogen (secondary N) is 1. The van der Waals surface area contributed by atoms with E-state index < -0.39 is 12.1 Å². The molecule has 0 radical (unpaired) electrons. The Morgan fingerprint density at radius 2 is 2.06 bits per heavy atom. The summed E-state index contributed by atoms with van der Waals surface area (Å²) in [5, 5.41) is 1.72. The normalized spacial score (nSPS) is 11.7. The summed E-state index contributed by atoms with van der Waals surface area (Å²) in [6.07, 6.45) is -3.74. The summed E-state index contributed by atoms with van der Waals surface area (Å²) in [5.74, 6) is -1.45. The summed E-state index contributed by atoms with van der Waals surface area (Å²) in [7, 11) is 0. The van der Waals surface area contributed by atoms with E-state index in [1.165, 1.54) is 6.20 Å². The number of amides is 1. The third-order valence-electron chi connectivity index (χ3n) is 1.78. The van der Waals surface area contributed by atoms with Crippen molar-refractivity contribution < 1.29 is 18.0 Å². The van der Waals surface area contributed by atoms with Gasteiger partial charge < -0.3 is 5.32 Å². The van der Waals surface area contributed by atoms with Crippen molar-refractivity contribution >= 4 is 34.2 Å². The molecule has 0 saturated heterocycles. The van der Waals surface area contributed by atoms with Crippen molar-refractivity contribution in [1.82, 2.24) is 9.97 Å². The zero-order chi connectivity index (χ0) is 13.2. The van der Waals surface area contributed by atoms with Gasteiger partial charge in [0.05, 0.1) is 11.9 Å². The molecule has 0 fully saturated rings. The Kier molecular flexibility index (Phi) is 4.28. The van der Waals surface area contributed by atoms with E-state index in [9.17, 15) is 18.0 Å². The van der Waals surface area contributed by atoms with Crippen LogP contribution in [0.1, 0.15) is 25.6 Å². The van der Waals surface area contributed by atoms with Gasteiger partial charge in [0.15, 0.2) is 0 Å². The first kappa shape index (κ1) is 14.1. The van der Waals surface area contributed by atoms with E-state index >= 15 is 0 Å². The number of alkyl halides is 3. The maximum atomic E-state index is 12.0. The van der Waals surface area contributed by atoms with E-state index in [4.69, 9.17) is 0 Å². The largest absolute Gasteiger partial charge is 0.471 e. The van der Waals surface area contributed by atoms with Gasteiger partial charge >= 0.3 is 12.1 Å². The maximum absolute atomic E-state index is 12.0. The first-order chi connectivity index (χ1) is 7.71. The van der Waals surface area contributed by atoms with E-state index in [2.05, 4.69) is 9.97 Å². The second-order valence-corrected chi connectivity index (χ2v) is 4.56. The molecule has 1 aromatic heterocycles. The van der Waals surface area contributed by atoms with Crippen LogP contribution in [-0.2, 0) is 4.79 Å². The Labute approximate surface area is 109 Å². The molecule has 0 aliphatic heterocycles. The van der Waals surface area contributed by atoms with Crippen LogP contribution in [0, 0.1) is 3.70 Å². The number of carbonyl (C=O) groups is 1. The molecule has 8 heteroatoms. The first-order valence-corrected chi connectivity index (χ1v) is 5.70. The van der Waals surface area contributed by atoms with Gasteiger partial charge in [0, 0.05) is 5.92 Å². The molecular weight excluding hydrogens is 350 g/mol. The van der Waals surface area contributed by atoms with Crippen LogP contribution in [0.3, 0.4) is 0 Å². The molecule has 4 nitrogen and oxygen atoms in total. The fourth-order valence-corrected chi connectivity index (χ4v) is 1.45. The highest BCUT2D eigenvalue weighted by atomic mass is 127. The van der Waals surface area contributed by atoms with Crippen LogP contribution in [0.2, 0.25) is 0 Å². The summed E-state index contributed by atoms with van der Waals surface area (Å²) >= 11 is 1.75. The van der Waals surface area contributed by atoms with Gasteiger partial charge in [-0.25, -0.2) is 9.97 Å². The Morgan fingerprint density at radius 3 is 2.47 bits per heavy atom. The minimum Gasteiger partial charge on any atom is -0.315 e. The van der Waals surface area contributed by atoms with Crippen molar-refractivity contribution in [2.75, 3.05) is 5.32 Å². The topological polar surface area (TPSA) is 54.9 Å².